The predicted molar refractivity (Wildman–Crippen MR) is 182 cm³/mol. The second-order valence-corrected chi connectivity index (χ2v) is 17.2. The van der Waals surface area contributed by atoms with Crippen LogP contribution in [0, 0.1) is 22.7 Å². The Labute approximate surface area is 291 Å². The maximum atomic E-state index is 13.2. The van der Waals surface area contributed by atoms with Gasteiger partial charge in [-0.1, -0.05) is 39.8 Å². The van der Waals surface area contributed by atoms with E-state index in [0.29, 0.717) is 38.5 Å². The lowest BCUT2D eigenvalue weighted by atomic mass is 10.1. The molecule has 2 aliphatic rings. The molecule has 0 saturated heterocycles. The third kappa shape index (κ3) is 14.5. The summed E-state index contributed by atoms with van der Waals surface area (Å²) in [6.07, 6.45) is 6.33. The summed E-state index contributed by atoms with van der Waals surface area (Å²) < 4.78 is 24.8. The minimum Gasteiger partial charge on any atom is -0.480 e. The van der Waals surface area contributed by atoms with E-state index < -0.39 is 63.3 Å². The zero-order valence-electron chi connectivity index (χ0n) is 28.5. The molecule has 2 aliphatic carbocycles. The smallest absolute Gasteiger partial charge is 0.352 e. The van der Waals surface area contributed by atoms with Crippen molar-refractivity contribution >= 4 is 57.2 Å². The summed E-state index contributed by atoms with van der Waals surface area (Å²) in [5, 5.41) is 35.4. The van der Waals surface area contributed by atoms with Crippen LogP contribution in [0.15, 0.2) is 23.5 Å². The van der Waals surface area contributed by atoms with Crippen molar-refractivity contribution in [2.24, 2.45) is 28.4 Å². The highest BCUT2D eigenvalue weighted by Gasteiger charge is 2.51. The van der Waals surface area contributed by atoms with E-state index in [-0.39, 0.29) is 76.0 Å². The number of hydrogen-bond donors (Lipinski definition) is 7. The molecule has 0 aliphatic heterocycles. The topological polar surface area (TPSA) is 259 Å². The van der Waals surface area contributed by atoms with Gasteiger partial charge in [-0.25, -0.2) is 9.59 Å². The van der Waals surface area contributed by atoms with Gasteiger partial charge in [0.05, 0.1) is 5.75 Å². The maximum Gasteiger partial charge on any atom is 0.352 e. The molecule has 0 spiro atoms. The van der Waals surface area contributed by atoms with Crippen LogP contribution in [0.4, 0.5) is 0 Å². The number of unbranched alkanes of at least 4 members (excludes halogenated alkanes) is 4. The number of rotatable bonds is 23. The van der Waals surface area contributed by atoms with Gasteiger partial charge in [0.15, 0.2) is 0 Å². The molecule has 3 amide bonds. The third-order valence-electron chi connectivity index (χ3n) is 8.64. The standard InChI is InChI=1S/C32H50N4O11S2/c1-31(2)15-19(31)25(37)34-22(11-7-5-9-13-48(46)17-21(33)28(40)41)27(39)36-24(30(44)45)18-49(47)14-10-6-8-12-23(29(42)43)35-26(38)20-16-32(20,3)4/h11-12,19-21,24H,5-10,13-18,33H2,1-4H3,(H,34,37)(H,35,38)(H,36,39)(H,40,41)(H,42,43)(H,44,45)/b22-11-,23-12-/t19-,20-,21+,24+,48+,49+/m1/s1. The van der Waals surface area contributed by atoms with Crippen LogP contribution < -0.4 is 21.7 Å². The largest absolute Gasteiger partial charge is 0.480 e. The Morgan fingerprint density at radius 1 is 0.735 bits per heavy atom. The molecule has 0 aromatic heterocycles. The van der Waals surface area contributed by atoms with Crippen molar-refractivity contribution in [1.29, 1.82) is 0 Å². The lowest BCUT2D eigenvalue weighted by Gasteiger charge is -2.17. The summed E-state index contributed by atoms with van der Waals surface area (Å²) in [7, 11) is -3.11. The van der Waals surface area contributed by atoms with Crippen molar-refractivity contribution in [2.45, 2.75) is 91.1 Å². The summed E-state index contributed by atoms with van der Waals surface area (Å²) >= 11 is 0. The summed E-state index contributed by atoms with van der Waals surface area (Å²) in [5.41, 5.74) is 4.64. The van der Waals surface area contributed by atoms with Crippen LogP contribution in [0.5, 0.6) is 0 Å². The van der Waals surface area contributed by atoms with Gasteiger partial charge in [-0.05, 0) is 62.2 Å². The molecule has 2 fully saturated rings. The van der Waals surface area contributed by atoms with Gasteiger partial charge in [0.25, 0.3) is 5.91 Å². The number of hydrogen-bond acceptors (Lipinski definition) is 9. The molecule has 0 heterocycles. The van der Waals surface area contributed by atoms with Crippen molar-refractivity contribution < 1.29 is 52.5 Å². The third-order valence-corrected chi connectivity index (χ3v) is 11.6. The molecule has 2 rings (SSSR count). The predicted octanol–water partition coefficient (Wildman–Crippen LogP) is 0.983. The fourth-order valence-electron chi connectivity index (χ4n) is 5.00. The number of carbonyl (C=O) groups excluding carboxylic acids is 3. The molecule has 276 valence electrons. The first-order valence-electron chi connectivity index (χ1n) is 16.2. The normalized spacial score (nSPS) is 21.7. The van der Waals surface area contributed by atoms with Crippen molar-refractivity contribution in [1.82, 2.24) is 16.0 Å². The molecule has 49 heavy (non-hydrogen) atoms. The number of carboxylic acid groups (broad SMARTS) is 3. The fraction of sp³-hybridized carbons (Fsp3) is 0.688. The number of allylic oxidation sites excluding steroid dienone is 2. The van der Waals surface area contributed by atoms with Crippen molar-refractivity contribution in [3.8, 4) is 0 Å². The minimum absolute atomic E-state index is 0.0907. The molecule has 15 nitrogen and oxygen atoms in total. The van der Waals surface area contributed by atoms with E-state index in [1.54, 1.807) is 0 Å². The molecule has 0 bridgehead atoms. The van der Waals surface area contributed by atoms with E-state index in [0.717, 1.165) is 0 Å². The van der Waals surface area contributed by atoms with Gasteiger partial charge >= 0.3 is 17.9 Å². The average Bonchev–Trinajstić information content (AvgIpc) is 3.86. The van der Waals surface area contributed by atoms with Crippen molar-refractivity contribution in [3.05, 3.63) is 23.5 Å². The van der Waals surface area contributed by atoms with Gasteiger partial charge in [-0.15, -0.1) is 0 Å². The molecule has 17 heteroatoms. The van der Waals surface area contributed by atoms with Crippen LogP contribution in [-0.4, -0.2) is 94.5 Å². The summed E-state index contributed by atoms with van der Waals surface area (Å²) in [4.78, 5) is 72.6. The number of amides is 3. The number of carbonyl (C=O) groups is 6. The van der Waals surface area contributed by atoms with E-state index in [2.05, 4.69) is 16.0 Å². The zero-order valence-corrected chi connectivity index (χ0v) is 30.1. The van der Waals surface area contributed by atoms with E-state index in [1.165, 1.54) is 12.2 Å². The van der Waals surface area contributed by atoms with Crippen LogP contribution >= 0.6 is 0 Å². The Balaban J connectivity index is 1.90. The Morgan fingerprint density at radius 3 is 1.57 bits per heavy atom. The van der Waals surface area contributed by atoms with Gasteiger partial charge in [-0.2, -0.15) is 0 Å². The average molecular weight is 731 g/mol. The van der Waals surface area contributed by atoms with E-state index in [9.17, 15) is 47.4 Å². The molecule has 6 atom stereocenters. The lowest BCUT2D eigenvalue weighted by Crippen LogP contribution is -2.47. The first-order valence-corrected chi connectivity index (χ1v) is 19.2. The van der Waals surface area contributed by atoms with Gasteiger partial charge in [0.1, 0.15) is 23.5 Å². The van der Waals surface area contributed by atoms with Gasteiger partial charge in [-0.3, -0.25) is 27.6 Å². The van der Waals surface area contributed by atoms with Gasteiger partial charge < -0.3 is 37.0 Å². The van der Waals surface area contributed by atoms with Gasteiger partial charge in [0.2, 0.25) is 11.8 Å². The van der Waals surface area contributed by atoms with E-state index in [1.807, 2.05) is 27.7 Å². The number of nitrogens with one attached hydrogen (secondary N) is 3. The molecule has 0 aromatic carbocycles. The van der Waals surface area contributed by atoms with Crippen LogP contribution in [-0.2, 0) is 50.4 Å². The Hall–Kier alpha value is -3.44. The zero-order chi connectivity index (χ0) is 37.1. The molecular weight excluding hydrogens is 681 g/mol. The number of aliphatic carboxylic acids is 3. The summed E-state index contributed by atoms with van der Waals surface area (Å²) in [5.74, 6) is -6.39. The monoisotopic (exact) mass is 730 g/mol. The fourth-order valence-corrected chi connectivity index (χ4v) is 7.53. The highest BCUT2D eigenvalue weighted by Crippen LogP contribution is 2.52. The van der Waals surface area contributed by atoms with Crippen molar-refractivity contribution in [3.63, 3.8) is 0 Å². The van der Waals surface area contributed by atoms with Crippen LogP contribution in [0.1, 0.15) is 79.1 Å². The van der Waals surface area contributed by atoms with E-state index in [4.69, 9.17) is 10.8 Å². The van der Waals surface area contributed by atoms with Crippen LogP contribution in [0.3, 0.4) is 0 Å². The Morgan fingerprint density at radius 2 is 1.16 bits per heavy atom. The first-order chi connectivity index (χ1) is 22.7. The van der Waals surface area contributed by atoms with Crippen molar-refractivity contribution in [2.75, 3.05) is 23.0 Å². The molecule has 2 saturated carbocycles. The van der Waals surface area contributed by atoms with Crippen LogP contribution in [0.2, 0.25) is 0 Å². The molecule has 0 aromatic rings. The Kier molecular flexibility index (Phi) is 15.8. The molecule has 8 N–H and O–H groups in total. The highest BCUT2D eigenvalue weighted by molar-refractivity contribution is 7.85. The number of carboxylic acids is 3. The number of nitrogens with two attached hydrogens (primary N) is 1. The quantitative estimate of drug-likeness (QED) is 0.0574. The van der Waals surface area contributed by atoms with E-state index >= 15 is 0 Å². The molecular formula is C32H50N4O11S2. The second-order valence-electron chi connectivity index (χ2n) is 13.9. The molecule has 0 radical (unpaired) electrons. The lowest BCUT2D eigenvalue weighted by molar-refractivity contribution is -0.140. The summed E-state index contributed by atoms with van der Waals surface area (Å²) in [6, 6.07) is -2.75. The molecule has 0 unspecified atom stereocenters. The summed E-state index contributed by atoms with van der Waals surface area (Å²) in [6.45, 7) is 7.66. The Bertz CT molecular complexity index is 1390. The van der Waals surface area contributed by atoms with Crippen LogP contribution in [0.25, 0.3) is 0 Å². The maximum absolute atomic E-state index is 13.2. The highest BCUT2D eigenvalue weighted by atomic mass is 32.2. The second kappa shape index (κ2) is 18.5. The van der Waals surface area contributed by atoms with Gasteiger partial charge in [0, 0.05) is 50.7 Å². The SMILES string of the molecule is CC1(C)C[C@@H]1C(=O)N/C(=C\CCCC[S@](=O)C[C@H](NC(=O)/C(=C/CCCC[S@](=O)C[C@H](N)C(=O)O)NC(=O)[C@H]1CC1(C)C)C(=O)O)C(=O)O. The first kappa shape index (κ1) is 41.7. The minimum atomic E-state index is -1.66.